The Labute approximate surface area is 119 Å². The van der Waals surface area contributed by atoms with E-state index in [0.717, 1.165) is 19.3 Å². The number of fused-ring (bicyclic) bond motifs is 3. The molecular formula is C17H19NO2. The molecule has 3 nitrogen and oxygen atoms in total. The molecule has 1 aromatic rings. The number of ketones is 1. The van der Waals surface area contributed by atoms with Gasteiger partial charge in [0.05, 0.1) is 11.6 Å². The lowest BCUT2D eigenvalue weighted by Gasteiger charge is -2.49. The maximum atomic E-state index is 11.8. The van der Waals surface area contributed by atoms with Crippen LogP contribution in [0.4, 0.5) is 0 Å². The fourth-order valence-corrected chi connectivity index (χ4v) is 4.22. The Bertz CT molecular complexity index is 601. The van der Waals surface area contributed by atoms with Crippen LogP contribution in [0.15, 0.2) is 18.2 Å². The summed E-state index contributed by atoms with van der Waals surface area (Å²) in [5.41, 5.74) is 3.08. The van der Waals surface area contributed by atoms with Crippen molar-refractivity contribution in [3.05, 3.63) is 34.9 Å². The number of aryl methyl sites for hydroxylation is 1. The highest BCUT2D eigenvalue weighted by Gasteiger charge is 2.49. The zero-order chi connectivity index (χ0) is 14.3. The third kappa shape index (κ3) is 1.79. The van der Waals surface area contributed by atoms with Gasteiger partial charge in [0, 0.05) is 11.8 Å². The van der Waals surface area contributed by atoms with Crippen molar-refractivity contribution in [2.75, 3.05) is 0 Å². The first-order chi connectivity index (χ1) is 9.60. The zero-order valence-corrected chi connectivity index (χ0v) is 11.7. The van der Waals surface area contributed by atoms with E-state index < -0.39 is 6.10 Å². The lowest BCUT2D eigenvalue weighted by molar-refractivity contribution is -0.134. The first-order valence-electron chi connectivity index (χ1n) is 7.35. The summed E-state index contributed by atoms with van der Waals surface area (Å²) in [6, 6.07) is 8.08. The third-order valence-electron chi connectivity index (χ3n) is 5.32. The van der Waals surface area contributed by atoms with Crippen LogP contribution in [0, 0.1) is 17.2 Å². The van der Waals surface area contributed by atoms with Crippen molar-refractivity contribution in [3.63, 3.8) is 0 Å². The van der Waals surface area contributed by atoms with E-state index in [0.29, 0.717) is 24.3 Å². The fourth-order valence-electron chi connectivity index (χ4n) is 4.22. The van der Waals surface area contributed by atoms with Crippen LogP contribution in [0.2, 0.25) is 0 Å². The van der Waals surface area contributed by atoms with Crippen molar-refractivity contribution < 1.29 is 9.90 Å². The smallest absolute Gasteiger partial charge is 0.161 e. The minimum Gasteiger partial charge on any atom is -0.385 e. The van der Waals surface area contributed by atoms with E-state index in [9.17, 15) is 9.90 Å². The predicted molar refractivity (Wildman–Crippen MR) is 75.2 cm³/mol. The van der Waals surface area contributed by atoms with Crippen molar-refractivity contribution in [2.24, 2.45) is 5.92 Å². The van der Waals surface area contributed by atoms with Gasteiger partial charge in [-0.05, 0) is 54.9 Å². The van der Waals surface area contributed by atoms with E-state index in [2.05, 4.69) is 13.0 Å². The minimum atomic E-state index is -0.826. The normalized spacial score (nSPS) is 32.1. The Kier molecular flexibility index (Phi) is 3.14. The summed E-state index contributed by atoms with van der Waals surface area (Å²) in [7, 11) is 0. The Hall–Kier alpha value is -1.66. The van der Waals surface area contributed by atoms with E-state index in [-0.39, 0.29) is 11.2 Å². The van der Waals surface area contributed by atoms with Crippen LogP contribution >= 0.6 is 0 Å². The van der Waals surface area contributed by atoms with Crippen LogP contribution in [0.5, 0.6) is 0 Å². The van der Waals surface area contributed by atoms with Gasteiger partial charge in [-0.2, -0.15) is 5.26 Å². The van der Waals surface area contributed by atoms with Gasteiger partial charge >= 0.3 is 0 Å². The number of nitriles is 1. The number of hydrogen-bond donors (Lipinski definition) is 1. The number of hydrogen-bond acceptors (Lipinski definition) is 3. The SMILES string of the molecule is CC[C@@]12C[C@H](O)C(=O)C[C@H]1CCc1cc(C#N)ccc12. The van der Waals surface area contributed by atoms with Gasteiger partial charge in [-0.15, -0.1) is 0 Å². The first kappa shape index (κ1) is 13.3. The second-order valence-electron chi connectivity index (χ2n) is 6.12. The molecule has 0 heterocycles. The number of carbonyl (C=O) groups is 1. The maximum absolute atomic E-state index is 11.8. The Balaban J connectivity index is 2.11. The topological polar surface area (TPSA) is 61.1 Å². The van der Waals surface area contributed by atoms with Gasteiger partial charge in [-0.3, -0.25) is 4.79 Å². The fraction of sp³-hybridized carbons (Fsp3) is 0.529. The molecule has 1 fully saturated rings. The van der Waals surface area contributed by atoms with Crippen LogP contribution in [0.1, 0.15) is 49.3 Å². The molecular weight excluding hydrogens is 250 g/mol. The van der Waals surface area contributed by atoms with Gasteiger partial charge in [0.2, 0.25) is 0 Å². The Morgan fingerprint density at radius 1 is 1.50 bits per heavy atom. The zero-order valence-electron chi connectivity index (χ0n) is 11.7. The van der Waals surface area contributed by atoms with Crippen LogP contribution < -0.4 is 0 Å². The van der Waals surface area contributed by atoms with E-state index in [4.69, 9.17) is 5.26 Å². The molecule has 3 rings (SSSR count). The summed E-state index contributed by atoms with van der Waals surface area (Å²) in [6.45, 7) is 2.14. The average Bonchev–Trinajstić information content (AvgIpc) is 2.48. The average molecular weight is 269 g/mol. The molecule has 0 radical (unpaired) electrons. The summed E-state index contributed by atoms with van der Waals surface area (Å²) in [5, 5.41) is 19.1. The number of aliphatic hydroxyl groups excluding tert-OH is 1. The number of Topliss-reactive ketones (excluding diaryl/α,β-unsaturated/α-hetero) is 1. The molecule has 0 saturated heterocycles. The quantitative estimate of drug-likeness (QED) is 0.852. The number of nitrogens with zero attached hydrogens (tertiary/aromatic N) is 1. The number of aliphatic hydroxyl groups is 1. The van der Waals surface area contributed by atoms with Crippen LogP contribution in [-0.2, 0) is 16.6 Å². The lowest BCUT2D eigenvalue weighted by atomic mass is 9.55. The second kappa shape index (κ2) is 4.71. The van der Waals surface area contributed by atoms with E-state index >= 15 is 0 Å². The van der Waals surface area contributed by atoms with Gasteiger partial charge in [0.1, 0.15) is 6.10 Å². The molecule has 3 atom stereocenters. The molecule has 1 aromatic carbocycles. The molecule has 0 unspecified atom stereocenters. The van der Waals surface area contributed by atoms with Crippen molar-refractivity contribution >= 4 is 5.78 Å². The summed E-state index contributed by atoms with van der Waals surface area (Å²) < 4.78 is 0. The van der Waals surface area contributed by atoms with Crippen molar-refractivity contribution in [3.8, 4) is 6.07 Å². The highest BCUT2D eigenvalue weighted by molar-refractivity contribution is 5.84. The molecule has 0 aromatic heterocycles. The first-order valence-corrected chi connectivity index (χ1v) is 7.35. The molecule has 0 aliphatic heterocycles. The molecule has 2 aliphatic carbocycles. The monoisotopic (exact) mass is 269 g/mol. The highest BCUT2D eigenvalue weighted by Crippen LogP contribution is 2.51. The molecule has 20 heavy (non-hydrogen) atoms. The van der Waals surface area contributed by atoms with Gasteiger partial charge < -0.3 is 5.11 Å². The molecule has 0 bridgehead atoms. The minimum absolute atomic E-state index is 0.00355. The summed E-state index contributed by atoms with van der Waals surface area (Å²) >= 11 is 0. The maximum Gasteiger partial charge on any atom is 0.161 e. The van der Waals surface area contributed by atoms with Gasteiger partial charge in [0.15, 0.2) is 5.78 Å². The molecule has 104 valence electrons. The Morgan fingerprint density at radius 2 is 2.30 bits per heavy atom. The van der Waals surface area contributed by atoms with Crippen molar-refractivity contribution in [1.82, 2.24) is 0 Å². The van der Waals surface area contributed by atoms with Crippen LogP contribution in [0.25, 0.3) is 0 Å². The summed E-state index contributed by atoms with van der Waals surface area (Å²) in [5.74, 6) is 0.333. The second-order valence-corrected chi connectivity index (χ2v) is 6.12. The van der Waals surface area contributed by atoms with Gasteiger partial charge in [0.25, 0.3) is 0 Å². The van der Waals surface area contributed by atoms with E-state index in [1.165, 1.54) is 11.1 Å². The third-order valence-corrected chi connectivity index (χ3v) is 5.32. The standard InChI is InChI=1S/C17H19NO2/c1-2-17-9-16(20)15(19)8-13(17)5-4-12-7-11(10-18)3-6-14(12)17/h3,6-7,13,16,20H,2,4-5,8-9H2,1H3/t13-,16+,17-/m1/s1. The number of rotatable bonds is 1. The highest BCUT2D eigenvalue weighted by atomic mass is 16.3. The van der Waals surface area contributed by atoms with Gasteiger partial charge in [-0.1, -0.05) is 13.0 Å². The molecule has 0 spiro atoms. The lowest BCUT2D eigenvalue weighted by Crippen LogP contribution is -2.49. The van der Waals surface area contributed by atoms with E-state index in [1.54, 1.807) is 0 Å². The molecule has 1 N–H and O–H groups in total. The van der Waals surface area contributed by atoms with Gasteiger partial charge in [-0.25, -0.2) is 0 Å². The molecule has 1 saturated carbocycles. The number of carbonyl (C=O) groups excluding carboxylic acids is 1. The molecule has 2 aliphatic rings. The van der Waals surface area contributed by atoms with Crippen molar-refractivity contribution in [1.29, 1.82) is 5.26 Å². The predicted octanol–water partition coefficient (Wildman–Crippen LogP) is 2.49. The molecule has 3 heteroatoms. The van der Waals surface area contributed by atoms with Crippen LogP contribution in [0.3, 0.4) is 0 Å². The van der Waals surface area contributed by atoms with Crippen molar-refractivity contribution in [2.45, 2.75) is 50.5 Å². The Morgan fingerprint density at radius 3 is 3.00 bits per heavy atom. The summed E-state index contributed by atoms with van der Waals surface area (Å²) in [4.78, 5) is 11.8. The number of benzene rings is 1. The largest absolute Gasteiger partial charge is 0.385 e. The summed E-state index contributed by atoms with van der Waals surface area (Å²) in [6.07, 6.45) is 3.04. The molecule has 0 amide bonds. The van der Waals surface area contributed by atoms with Crippen LogP contribution in [-0.4, -0.2) is 17.0 Å². The van der Waals surface area contributed by atoms with E-state index in [1.807, 2.05) is 18.2 Å².